The Labute approximate surface area is 289 Å². The number of rotatable bonds is 17. The van der Waals surface area contributed by atoms with Gasteiger partial charge < -0.3 is 8.85 Å². The molecule has 0 saturated heterocycles. The highest BCUT2D eigenvalue weighted by molar-refractivity contribution is 7.89. The molecular formula is C35H70N2O5S2Si2. The predicted molar refractivity (Wildman–Crippen MR) is 203 cm³/mol. The summed E-state index contributed by atoms with van der Waals surface area (Å²) in [5.74, 6) is 0. The summed E-state index contributed by atoms with van der Waals surface area (Å²) in [5, 5.41) is 0.0903. The fraction of sp³-hybridized carbons (Fsp3) is 0.829. The lowest BCUT2D eigenvalue weighted by atomic mass is 10.0. The second-order valence-electron chi connectivity index (χ2n) is 17.3. The summed E-state index contributed by atoms with van der Waals surface area (Å²) in [6.07, 6.45) is 2.97. The fourth-order valence-electron chi connectivity index (χ4n) is 4.69. The first-order valence-electron chi connectivity index (χ1n) is 17.2. The second kappa shape index (κ2) is 16.5. The number of benzene rings is 1. The lowest BCUT2D eigenvalue weighted by Gasteiger charge is -2.40. The standard InChI is InChI=1S/C35H70N2O5S2Si2/c1-18-30(36-43(38)33(5,6)7)20-19-21-31(26-41-45(14,15)34(8,9)10)37(27(2)3)44(39,40)32-24-22-29(23-25-32)28(4)42-46(16,17)35(11,12)13/h22-25,27-28,30-31,36H,18-21,26H2,1-17H3/t28-,30?,31?,43?/m0/s1. The van der Waals surface area contributed by atoms with Crippen molar-refractivity contribution in [3.8, 4) is 0 Å². The zero-order valence-corrected chi connectivity index (χ0v) is 36.1. The van der Waals surface area contributed by atoms with E-state index in [0.29, 0.717) is 13.0 Å². The summed E-state index contributed by atoms with van der Waals surface area (Å²) >= 11 is 0. The number of sulfonamides is 1. The molecule has 0 heterocycles. The van der Waals surface area contributed by atoms with Gasteiger partial charge in [-0.15, -0.1) is 0 Å². The quantitative estimate of drug-likeness (QED) is 0.162. The molecule has 46 heavy (non-hydrogen) atoms. The van der Waals surface area contributed by atoms with Gasteiger partial charge in [0.15, 0.2) is 16.6 Å². The van der Waals surface area contributed by atoms with Crippen molar-refractivity contribution in [2.75, 3.05) is 6.61 Å². The van der Waals surface area contributed by atoms with Crippen molar-refractivity contribution in [1.82, 2.24) is 9.03 Å². The van der Waals surface area contributed by atoms with E-state index in [0.717, 1.165) is 24.8 Å². The monoisotopic (exact) mass is 718 g/mol. The van der Waals surface area contributed by atoms with Crippen LogP contribution in [-0.2, 0) is 29.9 Å². The van der Waals surface area contributed by atoms with Crippen LogP contribution in [0.25, 0.3) is 0 Å². The van der Waals surface area contributed by atoms with Crippen LogP contribution < -0.4 is 4.72 Å². The molecule has 0 aromatic heterocycles. The number of hydrogen-bond donors (Lipinski definition) is 1. The highest BCUT2D eigenvalue weighted by atomic mass is 32.2. The van der Waals surface area contributed by atoms with Crippen molar-refractivity contribution in [2.24, 2.45) is 0 Å². The van der Waals surface area contributed by atoms with E-state index in [1.165, 1.54) is 0 Å². The first-order chi connectivity index (χ1) is 20.6. The molecule has 0 spiro atoms. The van der Waals surface area contributed by atoms with Crippen molar-refractivity contribution < 1.29 is 21.5 Å². The smallest absolute Gasteiger partial charge is 0.243 e. The summed E-state index contributed by atoms with van der Waals surface area (Å²) < 4.78 is 59.5. The Morgan fingerprint density at radius 3 is 1.76 bits per heavy atom. The first kappa shape index (κ1) is 43.6. The maximum Gasteiger partial charge on any atom is 0.243 e. The average molecular weight is 719 g/mol. The van der Waals surface area contributed by atoms with Gasteiger partial charge >= 0.3 is 0 Å². The molecule has 1 N–H and O–H groups in total. The molecule has 0 fully saturated rings. The maximum absolute atomic E-state index is 14.4. The molecule has 3 unspecified atom stereocenters. The zero-order valence-electron chi connectivity index (χ0n) is 32.5. The van der Waals surface area contributed by atoms with Crippen LogP contribution in [-0.4, -0.2) is 63.0 Å². The van der Waals surface area contributed by atoms with Crippen molar-refractivity contribution in [3.63, 3.8) is 0 Å². The van der Waals surface area contributed by atoms with Crippen LogP contribution in [0, 0.1) is 0 Å². The summed E-state index contributed by atoms with van der Waals surface area (Å²) in [4.78, 5) is 0.287. The van der Waals surface area contributed by atoms with Crippen LogP contribution in [0.4, 0.5) is 0 Å². The van der Waals surface area contributed by atoms with Gasteiger partial charge in [-0.2, -0.15) is 4.31 Å². The summed E-state index contributed by atoms with van der Waals surface area (Å²) in [6, 6.07) is 6.77. The molecule has 1 rings (SSSR count). The Kier molecular flexibility index (Phi) is 15.7. The van der Waals surface area contributed by atoms with Crippen LogP contribution in [0.3, 0.4) is 0 Å². The van der Waals surface area contributed by atoms with Gasteiger partial charge in [0.25, 0.3) is 0 Å². The van der Waals surface area contributed by atoms with E-state index in [-0.39, 0.29) is 43.9 Å². The van der Waals surface area contributed by atoms with Crippen molar-refractivity contribution in [1.29, 1.82) is 0 Å². The van der Waals surface area contributed by atoms with Gasteiger partial charge in [0.1, 0.15) is 0 Å². The maximum atomic E-state index is 14.4. The molecule has 7 nitrogen and oxygen atoms in total. The van der Waals surface area contributed by atoms with Gasteiger partial charge in [0.2, 0.25) is 10.0 Å². The molecule has 0 bridgehead atoms. The molecular weight excluding hydrogens is 649 g/mol. The predicted octanol–water partition coefficient (Wildman–Crippen LogP) is 9.56. The minimum atomic E-state index is -3.83. The molecule has 11 heteroatoms. The van der Waals surface area contributed by atoms with E-state index in [1.807, 2.05) is 53.7 Å². The molecule has 0 aliphatic rings. The Morgan fingerprint density at radius 1 is 0.848 bits per heavy atom. The number of hydrogen-bond acceptors (Lipinski definition) is 5. The van der Waals surface area contributed by atoms with Crippen molar-refractivity contribution >= 4 is 37.6 Å². The SMILES string of the molecule is CCC(CCCC(CO[Si](C)(C)C(C)(C)C)N(C(C)C)S(=O)(=O)c1ccc([C@H](C)O[Si](C)(C)C(C)(C)C)cc1)NS(=O)C(C)(C)C. The largest absolute Gasteiger partial charge is 0.415 e. The Morgan fingerprint density at radius 2 is 1.35 bits per heavy atom. The fourth-order valence-corrected chi connectivity index (χ4v) is 9.89. The number of nitrogens with zero attached hydrogens (tertiary/aromatic N) is 1. The molecule has 0 radical (unpaired) electrons. The molecule has 1 aromatic carbocycles. The van der Waals surface area contributed by atoms with Gasteiger partial charge in [-0.1, -0.05) is 67.0 Å². The topological polar surface area (TPSA) is 84.9 Å². The zero-order chi connectivity index (χ0) is 36.1. The Hall–Kier alpha value is -0.406. The van der Waals surface area contributed by atoms with Crippen LogP contribution in [0.15, 0.2) is 29.2 Å². The van der Waals surface area contributed by atoms with Crippen LogP contribution >= 0.6 is 0 Å². The lowest BCUT2D eigenvalue weighted by Crippen LogP contribution is -2.50. The van der Waals surface area contributed by atoms with Crippen molar-refractivity contribution in [2.45, 2.75) is 186 Å². The van der Waals surface area contributed by atoms with Crippen molar-refractivity contribution in [3.05, 3.63) is 29.8 Å². The third kappa shape index (κ3) is 12.2. The average Bonchev–Trinajstić information content (AvgIpc) is 2.88. The normalized spacial score (nSPS) is 16.9. The molecule has 4 atom stereocenters. The molecule has 0 aliphatic carbocycles. The van der Waals surface area contributed by atoms with Gasteiger partial charge in [0, 0.05) is 18.1 Å². The summed E-state index contributed by atoms with van der Waals surface area (Å²) in [6.45, 7) is 36.5. The third-order valence-corrected chi connectivity index (χ3v) is 22.8. The van der Waals surface area contributed by atoms with Gasteiger partial charge in [0.05, 0.1) is 33.3 Å². The number of nitrogens with one attached hydrogen (secondary N) is 1. The van der Waals surface area contributed by atoms with Crippen LogP contribution in [0.5, 0.6) is 0 Å². The van der Waals surface area contributed by atoms with E-state index in [4.69, 9.17) is 8.85 Å². The van der Waals surface area contributed by atoms with E-state index in [9.17, 15) is 12.6 Å². The van der Waals surface area contributed by atoms with Crippen LogP contribution in [0.1, 0.15) is 127 Å². The van der Waals surface area contributed by atoms with E-state index < -0.39 is 37.6 Å². The minimum absolute atomic E-state index is 0.00629. The lowest BCUT2D eigenvalue weighted by molar-refractivity contribution is 0.161. The highest BCUT2D eigenvalue weighted by Crippen LogP contribution is 2.40. The Balaban J connectivity index is 3.37. The molecule has 0 aliphatic heterocycles. The summed E-state index contributed by atoms with van der Waals surface area (Å²) in [5.41, 5.74) is 0.975. The van der Waals surface area contributed by atoms with Crippen LogP contribution in [0.2, 0.25) is 36.3 Å². The van der Waals surface area contributed by atoms with E-state index in [1.54, 1.807) is 16.4 Å². The molecule has 0 amide bonds. The highest BCUT2D eigenvalue weighted by Gasteiger charge is 2.41. The van der Waals surface area contributed by atoms with E-state index in [2.05, 4.69) is 79.4 Å². The van der Waals surface area contributed by atoms with Gasteiger partial charge in [-0.05, 0) is 115 Å². The Bertz CT molecular complexity index is 1220. The second-order valence-corrected chi connectivity index (χ2v) is 30.7. The first-order valence-corrected chi connectivity index (χ1v) is 25.6. The van der Waals surface area contributed by atoms with Gasteiger partial charge in [-0.25, -0.2) is 17.3 Å². The molecule has 1 aromatic rings. The third-order valence-electron chi connectivity index (χ3n) is 9.93. The molecule has 270 valence electrons. The van der Waals surface area contributed by atoms with E-state index >= 15 is 0 Å². The minimum Gasteiger partial charge on any atom is -0.415 e. The summed E-state index contributed by atoms with van der Waals surface area (Å²) in [7, 11) is -9.11. The van der Waals surface area contributed by atoms with Gasteiger partial charge in [-0.3, -0.25) is 0 Å². The molecule has 0 saturated carbocycles.